The van der Waals surface area contributed by atoms with Crippen LogP contribution in [0.4, 0.5) is 4.39 Å². The molecule has 0 fully saturated rings. The van der Waals surface area contributed by atoms with Crippen LogP contribution in [0.2, 0.25) is 5.02 Å². The molecular formula is C15H11BrClFO2. The van der Waals surface area contributed by atoms with Gasteiger partial charge in [-0.1, -0.05) is 45.7 Å². The molecule has 0 saturated heterocycles. The highest BCUT2D eigenvalue weighted by Gasteiger charge is 2.30. The van der Waals surface area contributed by atoms with Crippen LogP contribution in [0.15, 0.2) is 40.9 Å². The van der Waals surface area contributed by atoms with Gasteiger partial charge < -0.3 is 9.84 Å². The van der Waals surface area contributed by atoms with Crippen LogP contribution in [0, 0.1) is 5.82 Å². The molecule has 1 aliphatic heterocycles. The molecule has 1 heterocycles. The zero-order valence-corrected chi connectivity index (χ0v) is 12.7. The number of ether oxygens (including phenoxy) is 1. The molecule has 1 aliphatic rings. The van der Waals surface area contributed by atoms with E-state index in [-0.39, 0.29) is 5.02 Å². The lowest BCUT2D eigenvalue weighted by atomic mass is 9.95. The molecule has 3 rings (SSSR count). The van der Waals surface area contributed by atoms with Gasteiger partial charge in [-0.3, -0.25) is 0 Å². The van der Waals surface area contributed by atoms with Crippen molar-refractivity contribution in [1.82, 2.24) is 0 Å². The molecule has 104 valence electrons. The quantitative estimate of drug-likeness (QED) is 0.794. The first kappa shape index (κ1) is 13.9. The Balaban J connectivity index is 2.00. The molecule has 1 N–H and O–H groups in total. The van der Waals surface area contributed by atoms with Gasteiger partial charge >= 0.3 is 0 Å². The average molecular weight is 358 g/mol. The Labute approximate surface area is 129 Å². The third kappa shape index (κ3) is 2.43. The molecule has 2 unspecified atom stereocenters. The summed E-state index contributed by atoms with van der Waals surface area (Å²) in [5.74, 6) is 0.0623. The summed E-state index contributed by atoms with van der Waals surface area (Å²) in [5, 5.41) is 10.2. The number of aliphatic hydroxyl groups is 1. The number of halogens is 3. The number of fused-ring (bicyclic) bond motifs is 1. The van der Waals surface area contributed by atoms with Crippen molar-refractivity contribution in [3.05, 3.63) is 62.8 Å². The molecule has 2 aromatic carbocycles. The van der Waals surface area contributed by atoms with Gasteiger partial charge in [0.15, 0.2) is 0 Å². The van der Waals surface area contributed by atoms with E-state index in [0.29, 0.717) is 23.3 Å². The van der Waals surface area contributed by atoms with Gasteiger partial charge in [-0.05, 0) is 18.2 Å². The summed E-state index contributed by atoms with van der Waals surface area (Å²) in [6.07, 6.45) is -0.938. The fourth-order valence-electron chi connectivity index (χ4n) is 2.38. The predicted molar refractivity (Wildman–Crippen MR) is 78.5 cm³/mol. The van der Waals surface area contributed by atoms with Crippen molar-refractivity contribution >= 4 is 27.5 Å². The number of aliphatic hydroxyl groups excluding tert-OH is 1. The van der Waals surface area contributed by atoms with Crippen molar-refractivity contribution in [2.45, 2.75) is 18.6 Å². The lowest BCUT2D eigenvalue weighted by molar-refractivity contribution is 0.0640. The van der Waals surface area contributed by atoms with Crippen LogP contribution in [0.5, 0.6) is 5.75 Å². The number of benzene rings is 2. The highest BCUT2D eigenvalue weighted by atomic mass is 79.9. The van der Waals surface area contributed by atoms with E-state index in [9.17, 15) is 9.50 Å². The monoisotopic (exact) mass is 356 g/mol. The summed E-state index contributed by atoms with van der Waals surface area (Å²) in [6, 6.07) is 10.2. The standard InChI is InChI=1S/C15H11BrClFO2/c16-8-4-5-9-12(19)7-14(20-13(9)6-8)10-2-1-3-11(17)15(10)18/h1-6,12,14,19H,7H2. The highest BCUT2D eigenvalue weighted by molar-refractivity contribution is 9.10. The van der Waals surface area contributed by atoms with Crippen LogP contribution in [0.25, 0.3) is 0 Å². The van der Waals surface area contributed by atoms with Crippen molar-refractivity contribution in [2.75, 3.05) is 0 Å². The normalized spacial score (nSPS) is 21.2. The van der Waals surface area contributed by atoms with E-state index >= 15 is 0 Å². The molecule has 0 spiro atoms. The van der Waals surface area contributed by atoms with E-state index in [1.807, 2.05) is 6.07 Å². The van der Waals surface area contributed by atoms with Crippen LogP contribution in [-0.2, 0) is 0 Å². The maximum Gasteiger partial charge on any atom is 0.148 e. The Morgan fingerprint density at radius 3 is 2.85 bits per heavy atom. The smallest absolute Gasteiger partial charge is 0.148 e. The highest BCUT2D eigenvalue weighted by Crippen LogP contribution is 2.42. The summed E-state index contributed by atoms with van der Waals surface area (Å²) in [7, 11) is 0. The lowest BCUT2D eigenvalue weighted by Crippen LogP contribution is -2.20. The molecule has 2 nitrogen and oxygen atoms in total. The van der Waals surface area contributed by atoms with Crippen molar-refractivity contribution in [3.8, 4) is 5.75 Å². The molecule has 0 aliphatic carbocycles. The Morgan fingerprint density at radius 1 is 1.25 bits per heavy atom. The van der Waals surface area contributed by atoms with Crippen molar-refractivity contribution < 1.29 is 14.2 Å². The van der Waals surface area contributed by atoms with E-state index in [1.54, 1.807) is 24.3 Å². The van der Waals surface area contributed by atoms with Crippen LogP contribution in [0.1, 0.15) is 29.8 Å². The summed E-state index contributed by atoms with van der Waals surface area (Å²) < 4.78 is 20.7. The predicted octanol–water partition coefficient (Wildman–Crippen LogP) is 4.80. The second kappa shape index (κ2) is 5.35. The van der Waals surface area contributed by atoms with E-state index in [0.717, 1.165) is 4.47 Å². The van der Waals surface area contributed by atoms with Gasteiger partial charge in [0.2, 0.25) is 0 Å². The molecule has 20 heavy (non-hydrogen) atoms. The first-order valence-electron chi connectivity index (χ1n) is 6.14. The Kier molecular flexibility index (Phi) is 3.71. The average Bonchev–Trinajstić information content (AvgIpc) is 2.41. The molecule has 0 aromatic heterocycles. The minimum atomic E-state index is -0.685. The molecule has 0 bridgehead atoms. The number of hydrogen-bond acceptors (Lipinski definition) is 2. The summed E-state index contributed by atoms with van der Waals surface area (Å²) in [5.41, 5.74) is 1.08. The molecule has 0 radical (unpaired) electrons. The first-order valence-corrected chi connectivity index (χ1v) is 7.31. The maximum atomic E-state index is 14.1. The van der Waals surface area contributed by atoms with E-state index in [2.05, 4.69) is 15.9 Å². The zero-order valence-electron chi connectivity index (χ0n) is 10.3. The molecule has 5 heteroatoms. The van der Waals surface area contributed by atoms with Crippen LogP contribution < -0.4 is 4.74 Å². The van der Waals surface area contributed by atoms with Gasteiger partial charge in [0.05, 0.1) is 11.1 Å². The van der Waals surface area contributed by atoms with Gasteiger partial charge in [0, 0.05) is 22.0 Å². The molecule has 0 amide bonds. The van der Waals surface area contributed by atoms with Crippen molar-refractivity contribution in [2.24, 2.45) is 0 Å². The summed E-state index contributed by atoms with van der Waals surface area (Å²) in [6.45, 7) is 0. The van der Waals surface area contributed by atoms with Crippen LogP contribution in [-0.4, -0.2) is 5.11 Å². The van der Waals surface area contributed by atoms with Crippen molar-refractivity contribution in [1.29, 1.82) is 0 Å². The minimum Gasteiger partial charge on any atom is -0.485 e. The zero-order chi connectivity index (χ0) is 14.3. The maximum absolute atomic E-state index is 14.1. The Morgan fingerprint density at radius 2 is 2.05 bits per heavy atom. The molecule has 2 aromatic rings. The second-order valence-electron chi connectivity index (χ2n) is 4.68. The molecule has 0 saturated carbocycles. The minimum absolute atomic E-state index is 0.0561. The fraction of sp³-hybridized carbons (Fsp3) is 0.200. The Bertz CT molecular complexity index is 662. The van der Waals surface area contributed by atoms with Gasteiger partial charge in [0.25, 0.3) is 0 Å². The Hall–Kier alpha value is -1.10. The third-order valence-corrected chi connectivity index (χ3v) is 4.15. The largest absolute Gasteiger partial charge is 0.485 e. The topological polar surface area (TPSA) is 29.5 Å². The van der Waals surface area contributed by atoms with Crippen molar-refractivity contribution in [3.63, 3.8) is 0 Å². The SMILES string of the molecule is OC1CC(c2cccc(Cl)c2F)Oc2cc(Br)ccc21. The van der Waals surface area contributed by atoms with E-state index in [4.69, 9.17) is 16.3 Å². The van der Waals surface area contributed by atoms with Gasteiger partial charge in [-0.25, -0.2) is 4.39 Å². The van der Waals surface area contributed by atoms with Gasteiger partial charge in [-0.2, -0.15) is 0 Å². The molecule has 2 atom stereocenters. The molecular weight excluding hydrogens is 347 g/mol. The van der Waals surface area contributed by atoms with E-state index in [1.165, 1.54) is 6.07 Å². The van der Waals surface area contributed by atoms with E-state index < -0.39 is 18.0 Å². The van der Waals surface area contributed by atoms with Crippen LogP contribution >= 0.6 is 27.5 Å². The fourth-order valence-corrected chi connectivity index (χ4v) is 2.90. The van der Waals surface area contributed by atoms with Gasteiger partial charge in [-0.15, -0.1) is 0 Å². The summed E-state index contributed by atoms with van der Waals surface area (Å²) in [4.78, 5) is 0. The number of rotatable bonds is 1. The first-order chi connectivity index (χ1) is 9.56. The second-order valence-corrected chi connectivity index (χ2v) is 6.01. The summed E-state index contributed by atoms with van der Waals surface area (Å²) >= 11 is 9.15. The van der Waals surface area contributed by atoms with Gasteiger partial charge in [0.1, 0.15) is 17.7 Å². The number of hydrogen-bond donors (Lipinski definition) is 1. The third-order valence-electron chi connectivity index (χ3n) is 3.37. The van der Waals surface area contributed by atoms with Crippen LogP contribution in [0.3, 0.4) is 0 Å². The lowest BCUT2D eigenvalue weighted by Gasteiger charge is -2.30.